The number of carbonyl (C=O) groups is 1. The molecule has 7 nitrogen and oxygen atoms in total. The van der Waals surface area contributed by atoms with Gasteiger partial charge in [0.1, 0.15) is 5.69 Å². The highest BCUT2D eigenvalue weighted by molar-refractivity contribution is 5.79. The van der Waals surface area contributed by atoms with Crippen molar-refractivity contribution in [3.8, 4) is 0 Å². The number of nitrogens with zero attached hydrogens (tertiary/aromatic N) is 3. The van der Waals surface area contributed by atoms with E-state index in [9.17, 15) is 14.9 Å². The molecule has 0 bridgehead atoms. The second-order valence-electron chi connectivity index (χ2n) is 9.29. The van der Waals surface area contributed by atoms with E-state index in [4.69, 9.17) is 0 Å². The van der Waals surface area contributed by atoms with Gasteiger partial charge in [0.05, 0.1) is 4.92 Å². The number of amides is 1. The smallest absolute Gasteiger partial charge is 0.292 e. The summed E-state index contributed by atoms with van der Waals surface area (Å²) in [6.45, 7) is 5.84. The average molecular weight is 415 g/mol. The number of piperidine rings is 2. The maximum Gasteiger partial charge on any atom is 0.292 e. The summed E-state index contributed by atoms with van der Waals surface area (Å²) in [6.07, 6.45) is 7.95. The van der Waals surface area contributed by atoms with Gasteiger partial charge in [-0.05, 0) is 64.0 Å². The molecule has 2 heterocycles. The Bertz CT molecular complexity index is 759. The quantitative estimate of drug-likeness (QED) is 0.569. The number of nitro benzene ring substituents is 1. The molecule has 2 atom stereocenters. The number of anilines is 1. The number of rotatable bonds is 6. The molecule has 164 valence electrons. The molecule has 1 amide bonds. The van der Waals surface area contributed by atoms with Crippen LogP contribution in [-0.2, 0) is 4.79 Å². The van der Waals surface area contributed by atoms with Gasteiger partial charge in [-0.2, -0.15) is 0 Å². The number of hydrogen-bond acceptors (Lipinski definition) is 5. The number of likely N-dealkylation sites (tertiary alicyclic amines) is 1. The van der Waals surface area contributed by atoms with Crippen molar-refractivity contribution < 1.29 is 9.72 Å². The van der Waals surface area contributed by atoms with Gasteiger partial charge in [-0.25, -0.2) is 0 Å². The Morgan fingerprint density at radius 3 is 2.50 bits per heavy atom. The zero-order valence-corrected chi connectivity index (χ0v) is 18.0. The lowest BCUT2D eigenvalue weighted by Gasteiger charge is -2.44. The summed E-state index contributed by atoms with van der Waals surface area (Å²) in [5, 5.41) is 14.6. The summed E-state index contributed by atoms with van der Waals surface area (Å²) in [5.74, 6) is 0.693. The van der Waals surface area contributed by atoms with E-state index in [0.29, 0.717) is 24.7 Å². The second-order valence-corrected chi connectivity index (χ2v) is 9.29. The molecule has 3 aliphatic rings. The van der Waals surface area contributed by atoms with E-state index in [1.54, 1.807) is 18.2 Å². The van der Waals surface area contributed by atoms with Crippen molar-refractivity contribution in [2.45, 2.75) is 64.0 Å². The summed E-state index contributed by atoms with van der Waals surface area (Å²) in [7, 11) is 0. The van der Waals surface area contributed by atoms with Crippen LogP contribution in [0.15, 0.2) is 24.3 Å². The van der Waals surface area contributed by atoms with Gasteiger partial charge < -0.3 is 15.1 Å². The zero-order valence-electron chi connectivity index (χ0n) is 18.0. The molecular weight excluding hydrogens is 380 g/mol. The highest BCUT2D eigenvalue weighted by Crippen LogP contribution is 2.32. The van der Waals surface area contributed by atoms with Gasteiger partial charge in [0.2, 0.25) is 5.91 Å². The molecule has 4 rings (SSSR count). The van der Waals surface area contributed by atoms with Gasteiger partial charge in [0, 0.05) is 43.7 Å². The molecule has 0 radical (unpaired) electrons. The Morgan fingerprint density at radius 1 is 1.10 bits per heavy atom. The van der Waals surface area contributed by atoms with E-state index >= 15 is 0 Å². The monoisotopic (exact) mass is 414 g/mol. The number of carbonyl (C=O) groups excluding carboxylic acids is 1. The van der Waals surface area contributed by atoms with Crippen molar-refractivity contribution in [1.29, 1.82) is 0 Å². The summed E-state index contributed by atoms with van der Waals surface area (Å²) in [6, 6.07) is 7.86. The van der Waals surface area contributed by atoms with Gasteiger partial charge in [-0.1, -0.05) is 18.6 Å². The molecule has 1 aliphatic carbocycles. The van der Waals surface area contributed by atoms with Crippen LogP contribution < -0.4 is 10.2 Å². The third kappa shape index (κ3) is 4.61. The van der Waals surface area contributed by atoms with E-state index in [0.717, 1.165) is 25.4 Å². The van der Waals surface area contributed by atoms with Crippen LogP contribution in [0.1, 0.15) is 51.9 Å². The lowest BCUT2D eigenvalue weighted by Crippen LogP contribution is -2.52. The van der Waals surface area contributed by atoms with Gasteiger partial charge in [0.25, 0.3) is 5.69 Å². The third-order valence-electron chi connectivity index (χ3n) is 7.44. The highest BCUT2D eigenvalue weighted by Gasteiger charge is 2.33. The largest absolute Gasteiger partial charge is 0.366 e. The first-order valence-corrected chi connectivity index (χ1v) is 11.6. The van der Waals surface area contributed by atoms with Crippen LogP contribution in [-0.4, -0.2) is 54.0 Å². The first-order chi connectivity index (χ1) is 14.5. The van der Waals surface area contributed by atoms with Crippen LogP contribution in [0.2, 0.25) is 0 Å². The minimum absolute atomic E-state index is 0.00204. The Labute approximate surface area is 179 Å². The van der Waals surface area contributed by atoms with Crippen molar-refractivity contribution in [3.05, 3.63) is 34.4 Å². The minimum Gasteiger partial charge on any atom is -0.366 e. The van der Waals surface area contributed by atoms with Gasteiger partial charge in [0.15, 0.2) is 0 Å². The number of benzene rings is 1. The molecule has 7 heteroatoms. The van der Waals surface area contributed by atoms with Gasteiger partial charge in [-0.15, -0.1) is 0 Å². The molecule has 0 unspecified atom stereocenters. The summed E-state index contributed by atoms with van der Waals surface area (Å²) < 4.78 is 0. The third-order valence-corrected chi connectivity index (χ3v) is 7.44. The molecule has 2 aliphatic heterocycles. The van der Waals surface area contributed by atoms with Crippen LogP contribution in [0.4, 0.5) is 11.4 Å². The molecule has 1 aromatic rings. The highest BCUT2D eigenvalue weighted by atomic mass is 16.6. The lowest BCUT2D eigenvalue weighted by molar-refractivity contribution is -0.384. The van der Waals surface area contributed by atoms with Crippen LogP contribution in [0, 0.1) is 22.0 Å². The Hall–Kier alpha value is -2.15. The van der Waals surface area contributed by atoms with E-state index in [-0.39, 0.29) is 28.5 Å². The first-order valence-electron chi connectivity index (χ1n) is 11.6. The fourth-order valence-corrected chi connectivity index (χ4v) is 5.26. The zero-order chi connectivity index (χ0) is 21.1. The Balaban J connectivity index is 1.28. The molecule has 0 spiro atoms. The topological polar surface area (TPSA) is 78.7 Å². The summed E-state index contributed by atoms with van der Waals surface area (Å²) in [5.41, 5.74) is 0.801. The van der Waals surface area contributed by atoms with Crippen molar-refractivity contribution in [3.63, 3.8) is 0 Å². The van der Waals surface area contributed by atoms with Crippen molar-refractivity contribution >= 4 is 17.3 Å². The lowest BCUT2D eigenvalue weighted by atomic mass is 9.85. The van der Waals surface area contributed by atoms with Crippen molar-refractivity contribution in [2.24, 2.45) is 11.8 Å². The van der Waals surface area contributed by atoms with E-state index in [2.05, 4.69) is 17.1 Å². The minimum atomic E-state index is -0.327. The van der Waals surface area contributed by atoms with Crippen molar-refractivity contribution in [1.82, 2.24) is 10.2 Å². The normalized spacial score (nSPS) is 24.8. The summed E-state index contributed by atoms with van der Waals surface area (Å²) in [4.78, 5) is 28.6. The Morgan fingerprint density at radius 2 is 1.83 bits per heavy atom. The number of nitro groups is 1. The molecule has 0 aromatic heterocycles. The van der Waals surface area contributed by atoms with E-state index in [1.165, 1.54) is 38.6 Å². The molecule has 2 saturated heterocycles. The maximum absolute atomic E-state index is 12.9. The molecule has 30 heavy (non-hydrogen) atoms. The fourth-order valence-electron chi connectivity index (χ4n) is 5.26. The van der Waals surface area contributed by atoms with Crippen LogP contribution >= 0.6 is 0 Å². The Kier molecular flexibility index (Phi) is 6.56. The maximum atomic E-state index is 12.9. The van der Waals surface area contributed by atoms with E-state index in [1.807, 2.05) is 11.0 Å². The molecule has 1 N–H and O–H groups in total. The fraction of sp³-hybridized carbons (Fsp3) is 0.696. The average Bonchev–Trinajstić information content (AvgIpc) is 2.73. The number of nitrogens with one attached hydrogen (secondary N) is 1. The van der Waals surface area contributed by atoms with Crippen LogP contribution in [0.25, 0.3) is 0 Å². The second kappa shape index (κ2) is 9.33. The van der Waals surface area contributed by atoms with Crippen LogP contribution in [0.3, 0.4) is 0 Å². The standard InChI is InChI=1S/C23H34N4O3/c1-17(19-6-5-13-26(16-19)20-7-4-8-20)24-23(28)18-11-14-25(15-12-18)21-9-2-3-10-22(21)27(29)30/h2-3,9-10,17-20H,4-8,11-16H2,1H3,(H,24,28)/t17-,19-/m0/s1. The van der Waals surface area contributed by atoms with Gasteiger partial charge >= 0.3 is 0 Å². The number of para-hydroxylation sites is 2. The predicted octanol–water partition coefficient (Wildman–Crippen LogP) is 3.58. The van der Waals surface area contributed by atoms with Crippen LogP contribution in [0.5, 0.6) is 0 Å². The van der Waals surface area contributed by atoms with E-state index < -0.39 is 0 Å². The summed E-state index contributed by atoms with van der Waals surface area (Å²) >= 11 is 0. The van der Waals surface area contributed by atoms with Crippen molar-refractivity contribution in [2.75, 3.05) is 31.1 Å². The first kappa shape index (κ1) is 21.1. The molecular formula is C23H34N4O3. The molecule has 1 aromatic carbocycles. The molecule has 3 fully saturated rings. The number of hydrogen-bond donors (Lipinski definition) is 1. The predicted molar refractivity (Wildman–Crippen MR) is 118 cm³/mol. The van der Waals surface area contributed by atoms with Gasteiger partial charge in [-0.3, -0.25) is 14.9 Å². The SMILES string of the molecule is C[C@H](NC(=O)C1CCN(c2ccccc2[N+](=O)[O-])CC1)[C@H]1CCCN(C2CCC2)C1. The molecule has 1 saturated carbocycles.